The summed E-state index contributed by atoms with van der Waals surface area (Å²) in [6.07, 6.45) is 0. The van der Waals surface area contributed by atoms with Crippen molar-refractivity contribution >= 4 is 22.6 Å². The molecule has 1 unspecified atom stereocenters. The highest BCUT2D eigenvalue weighted by molar-refractivity contribution is 14.1. The van der Waals surface area contributed by atoms with Crippen LogP contribution in [0.15, 0.2) is 42.5 Å². The molecular formula is C16H17FINO. The molecule has 0 fully saturated rings. The summed E-state index contributed by atoms with van der Waals surface area (Å²) in [5.41, 5.74) is 1.69. The van der Waals surface area contributed by atoms with Gasteiger partial charge in [-0.3, -0.25) is 0 Å². The number of halogens is 2. The van der Waals surface area contributed by atoms with E-state index in [0.29, 0.717) is 11.3 Å². The third kappa shape index (κ3) is 3.49. The molecule has 2 aromatic rings. The summed E-state index contributed by atoms with van der Waals surface area (Å²) in [7, 11) is 1.54. The molecular weight excluding hydrogens is 368 g/mol. The van der Waals surface area contributed by atoms with Crippen molar-refractivity contribution in [3.05, 3.63) is 63.0 Å². The minimum Gasteiger partial charge on any atom is -0.497 e. The number of rotatable bonds is 5. The number of hydrogen-bond acceptors (Lipinski definition) is 2. The molecule has 0 amide bonds. The van der Waals surface area contributed by atoms with Crippen molar-refractivity contribution in [3.63, 3.8) is 0 Å². The Balaban J connectivity index is 2.40. The Hall–Kier alpha value is -1.14. The van der Waals surface area contributed by atoms with Crippen LogP contribution in [-0.4, -0.2) is 13.7 Å². The maximum atomic E-state index is 14.3. The van der Waals surface area contributed by atoms with Crippen LogP contribution in [-0.2, 0) is 0 Å². The quantitative estimate of drug-likeness (QED) is 0.782. The smallest absolute Gasteiger partial charge is 0.132 e. The Morgan fingerprint density at radius 2 is 1.90 bits per heavy atom. The summed E-state index contributed by atoms with van der Waals surface area (Å²) < 4.78 is 20.5. The second-order valence-electron chi connectivity index (χ2n) is 4.43. The van der Waals surface area contributed by atoms with Crippen LogP contribution in [0.5, 0.6) is 5.75 Å². The van der Waals surface area contributed by atoms with Gasteiger partial charge in [-0.2, -0.15) is 0 Å². The molecule has 0 aliphatic carbocycles. The Kier molecular flexibility index (Phi) is 5.37. The standard InChI is InChI=1S/C16H17FINO/c1-3-19-16(11-4-6-12(18)7-5-11)14-9-8-13(20-2)10-15(14)17/h4-10,16,19H,3H2,1-2H3. The lowest BCUT2D eigenvalue weighted by Gasteiger charge is -2.20. The monoisotopic (exact) mass is 385 g/mol. The summed E-state index contributed by atoms with van der Waals surface area (Å²) in [6, 6.07) is 12.9. The molecule has 0 aliphatic heterocycles. The fourth-order valence-electron chi connectivity index (χ4n) is 2.14. The van der Waals surface area contributed by atoms with Crippen molar-refractivity contribution < 1.29 is 9.13 Å². The Labute approximate surface area is 132 Å². The van der Waals surface area contributed by atoms with Crippen LogP contribution >= 0.6 is 22.6 Å². The van der Waals surface area contributed by atoms with E-state index in [1.165, 1.54) is 13.2 Å². The summed E-state index contributed by atoms with van der Waals surface area (Å²) in [5, 5.41) is 3.33. The molecule has 2 aromatic carbocycles. The highest BCUT2D eigenvalue weighted by Crippen LogP contribution is 2.27. The minimum absolute atomic E-state index is 0.150. The largest absolute Gasteiger partial charge is 0.497 e. The lowest BCUT2D eigenvalue weighted by molar-refractivity contribution is 0.410. The molecule has 2 nitrogen and oxygen atoms in total. The number of hydrogen-bond donors (Lipinski definition) is 1. The van der Waals surface area contributed by atoms with Gasteiger partial charge in [0.05, 0.1) is 13.2 Å². The maximum absolute atomic E-state index is 14.3. The van der Waals surface area contributed by atoms with Crippen LogP contribution in [0.2, 0.25) is 0 Å². The van der Waals surface area contributed by atoms with Crippen molar-refractivity contribution in [2.24, 2.45) is 0 Å². The first kappa shape index (κ1) is 15.3. The second-order valence-corrected chi connectivity index (χ2v) is 5.68. The van der Waals surface area contributed by atoms with Crippen molar-refractivity contribution in [3.8, 4) is 5.75 Å². The van der Waals surface area contributed by atoms with E-state index in [-0.39, 0.29) is 11.9 Å². The van der Waals surface area contributed by atoms with E-state index in [0.717, 1.165) is 15.7 Å². The number of nitrogens with one attached hydrogen (secondary N) is 1. The van der Waals surface area contributed by atoms with E-state index in [4.69, 9.17) is 4.74 Å². The second kappa shape index (κ2) is 7.04. The molecule has 1 N–H and O–H groups in total. The van der Waals surface area contributed by atoms with Gasteiger partial charge in [0.15, 0.2) is 0 Å². The van der Waals surface area contributed by atoms with E-state index < -0.39 is 0 Å². The van der Waals surface area contributed by atoms with Gasteiger partial charge >= 0.3 is 0 Å². The van der Waals surface area contributed by atoms with Gasteiger partial charge in [0.1, 0.15) is 11.6 Å². The van der Waals surface area contributed by atoms with Crippen LogP contribution in [0.3, 0.4) is 0 Å². The van der Waals surface area contributed by atoms with Crippen molar-refractivity contribution in [2.75, 3.05) is 13.7 Å². The molecule has 20 heavy (non-hydrogen) atoms. The highest BCUT2D eigenvalue weighted by Gasteiger charge is 2.17. The van der Waals surface area contributed by atoms with E-state index in [9.17, 15) is 4.39 Å². The SMILES string of the molecule is CCNC(c1ccc(I)cc1)c1ccc(OC)cc1F. The molecule has 0 saturated heterocycles. The summed E-state index contributed by atoms with van der Waals surface area (Å²) in [4.78, 5) is 0. The Morgan fingerprint density at radius 1 is 1.20 bits per heavy atom. The van der Waals surface area contributed by atoms with Gasteiger partial charge in [-0.25, -0.2) is 4.39 Å². The zero-order valence-electron chi connectivity index (χ0n) is 11.5. The van der Waals surface area contributed by atoms with E-state index in [1.807, 2.05) is 31.2 Å². The van der Waals surface area contributed by atoms with Gasteiger partial charge in [0.2, 0.25) is 0 Å². The average Bonchev–Trinajstić information content (AvgIpc) is 2.46. The molecule has 4 heteroatoms. The number of ether oxygens (including phenoxy) is 1. The average molecular weight is 385 g/mol. The predicted molar refractivity (Wildman–Crippen MR) is 87.6 cm³/mol. The zero-order valence-corrected chi connectivity index (χ0v) is 13.6. The summed E-state index contributed by atoms with van der Waals surface area (Å²) >= 11 is 2.26. The van der Waals surface area contributed by atoms with Crippen molar-refractivity contribution in [1.29, 1.82) is 0 Å². The molecule has 2 rings (SSSR count). The van der Waals surface area contributed by atoms with Gasteiger partial charge in [-0.1, -0.05) is 25.1 Å². The normalized spacial score (nSPS) is 12.2. The first-order valence-corrected chi connectivity index (χ1v) is 7.56. The lowest BCUT2D eigenvalue weighted by Crippen LogP contribution is -2.23. The van der Waals surface area contributed by atoms with Gasteiger partial charge in [-0.15, -0.1) is 0 Å². The molecule has 0 saturated carbocycles. The first-order chi connectivity index (χ1) is 9.65. The van der Waals surface area contributed by atoms with Crippen LogP contribution in [0.25, 0.3) is 0 Å². The fraction of sp³-hybridized carbons (Fsp3) is 0.250. The molecule has 0 aliphatic rings. The van der Waals surface area contributed by atoms with E-state index in [2.05, 4.69) is 27.9 Å². The fourth-order valence-corrected chi connectivity index (χ4v) is 2.50. The lowest BCUT2D eigenvalue weighted by atomic mass is 9.98. The summed E-state index contributed by atoms with van der Waals surface area (Å²) in [5.74, 6) is 0.276. The van der Waals surface area contributed by atoms with Gasteiger partial charge in [-0.05, 0) is 52.9 Å². The molecule has 0 aromatic heterocycles. The van der Waals surface area contributed by atoms with E-state index >= 15 is 0 Å². The Bertz CT molecular complexity index is 571. The van der Waals surface area contributed by atoms with Gasteiger partial charge in [0.25, 0.3) is 0 Å². The van der Waals surface area contributed by atoms with Crippen LogP contribution in [0, 0.1) is 9.39 Å². The van der Waals surface area contributed by atoms with Crippen molar-refractivity contribution in [2.45, 2.75) is 13.0 Å². The third-order valence-electron chi connectivity index (χ3n) is 3.13. The number of methoxy groups -OCH3 is 1. The van der Waals surface area contributed by atoms with Crippen LogP contribution in [0.4, 0.5) is 4.39 Å². The third-order valence-corrected chi connectivity index (χ3v) is 3.85. The van der Waals surface area contributed by atoms with Gasteiger partial charge < -0.3 is 10.1 Å². The topological polar surface area (TPSA) is 21.3 Å². The van der Waals surface area contributed by atoms with Crippen LogP contribution in [0.1, 0.15) is 24.1 Å². The Morgan fingerprint density at radius 3 is 2.45 bits per heavy atom. The molecule has 0 bridgehead atoms. The molecule has 106 valence electrons. The molecule has 0 spiro atoms. The van der Waals surface area contributed by atoms with Crippen LogP contribution < -0.4 is 10.1 Å². The zero-order chi connectivity index (χ0) is 14.5. The maximum Gasteiger partial charge on any atom is 0.132 e. The molecule has 1 atom stereocenters. The molecule has 0 heterocycles. The van der Waals surface area contributed by atoms with E-state index in [1.54, 1.807) is 12.1 Å². The van der Waals surface area contributed by atoms with Gasteiger partial charge in [0, 0.05) is 15.2 Å². The van der Waals surface area contributed by atoms with Crippen molar-refractivity contribution in [1.82, 2.24) is 5.32 Å². The highest BCUT2D eigenvalue weighted by atomic mass is 127. The minimum atomic E-state index is -0.256. The number of benzene rings is 2. The molecule has 0 radical (unpaired) electrons. The predicted octanol–water partition coefficient (Wildman–Crippen LogP) is 4.14. The summed E-state index contributed by atoms with van der Waals surface area (Å²) in [6.45, 7) is 2.78. The first-order valence-electron chi connectivity index (χ1n) is 6.48.